The van der Waals surface area contributed by atoms with E-state index in [2.05, 4.69) is 12.1 Å². The Morgan fingerprint density at radius 3 is 2.35 bits per heavy atom. The van der Waals surface area contributed by atoms with Crippen molar-refractivity contribution in [3.8, 4) is 11.1 Å². The van der Waals surface area contributed by atoms with Crippen LogP contribution in [-0.4, -0.2) is 19.1 Å². The van der Waals surface area contributed by atoms with Crippen molar-refractivity contribution in [2.24, 2.45) is 0 Å². The Morgan fingerprint density at radius 1 is 0.808 bits per heavy atom. The van der Waals surface area contributed by atoms with Crippen LogP contribution in [0.15, 0.2) is 78.9 Å². The van der Waals surface area contributed by atoms with Gasteiger partial charge >= 0.3 is 0 Å². The standard InChI is InChI=1S/C23H21NO2/c25-23-16-19-10-4-5-11-20(19)21-12-6-7-13-22(21)24(23)14-15-26-17-18-8-2-1-3-9-18/h1-13H,14-17H2. The molecule has 0 atom stereocenters. The predicted octanol–water partition coefficient (Wildman–Crippen LogP) is 4.46. The summed E-state index contributed by atoms with van der Waals surface area (Å²) in [7, 11) is 0. The molecule has 1 aliphatic heterocycles. The Morgan fingerprint density at radius 2 is 1.50 bits per heavy atom. The van der Waals surface area contributed by atoms with E-state index in [1.165, 1.54) is 0 Å². The highest BCUT2D eigenvalue weighted by Gasteiger charge is 2.24. The summed E-state index contributed by atoms with van der Waals surface area (Å²) in [5.74, 6) is 0.116. The number of benzene rings is 3. The van der Waals surface area contributed by atoms with Gasteiger partial charge in [-0.2, -0.15) is 0 Å². The third kappa shape index (κ3) is 3.39. The molecule has 3 heteroatoms. The smallest absolute Gasteiger partial charge is 0.231 e. The molecule has 0 radical (unpaired) electrons. The highest BCUT2D eigenvalue weighted by Crippen LogP contribution is 2.36. The van der Waals surface area contributed by atoms with Gasteiger partial charge in [-0.25, -0.2) is 0 Å². The second-order valence-electron chi connectivity index (χ2n) is 6.43. The number of nitrogens with zero attached hydrogens (tertiary/aromatic N) is 1. The Bertz CT molecular complexity index is 905. The van der Waals surface area contributed by atoms with Crippen LogP contribution in [0.25, 0.3) is 11.1 Å². The molecule has 3 aromatic carbocycles. The fourth-order valence-electron chi connectivity index (χ4n) is 3.43. The van der Waals surface area contributed by atoms with E-state index in [1.54, 1.807) is 0 Å². The fraction of sp³-hybridized carbons (Fsp3) is 0.174. The zero-order valence-electron chi connectivity index (χ0n) is 14.6. The molecule has 0 saturated carbocycles. The average molecular weight is 343 g/mol. The van der Waals surface area contributed by atoms with E-state index in [0.717, 1.165) is 27.9 Å². The number of carbonyl (C=O) groups is 1. The van der Waals surface area contributed by atoms with Crippen molar-refractivity contribution >= 4 is 11.6 Å². The summed E-state index contributed by atoms with van der Waals surface area (Å²) >= 11 is 0. The van der Waals surface area contributed by atoms with Gasteiger partial charge < -0.3 is 9.64 Å². The first kappa shape index (κ1) is 16.6. The van der Waals surface area contributed by atoms with E-state index < -0.39 is 0 Å². The van der Waals surface area contributed by atoms with Crippen molar-refractivity contribution in [2.45, 2.75) is 13.0 Å². The van der Waals surface area contributed by atoms with Crippen LogP contribution in [0.5, 0.6) is 0 Å². The molecule has 0 spiro atoms. The molecule has 0 N–H and O–H groups in total. The number of ether oxygens (including phenoxy) is 1. The van der Waals surface area contributed by atoms with E-state index in [1.807, 2.05) is 71.6 Å². The molecule has 1 amide bonds. The maximum Gasteiger partial charge on any atom is 0.231 e. The fourth-order valence-corrected chi connectivity index (χ4v) is 3.43. The zero-order valence-corrected chi connectivity index (χ0v) is 14.6. The number of hydrogen-bond acceptors (Lipinski definition) is 2. The molecule has 0 fully saturated rings. The summed E-state index contributed by atoms with van der Waals surface area (Å²) in [4.78, 5) is 14.7. The summed E-state index contributed by atoms with van der Waals surface area (Å²) in [5, 5.41) is 0. The van der Waals surface area contributed by atoms with Crippen molar-refractivity contribution in [1.82, 2.24) is 0 Å². The molecule has 1 heterocycles. The zero-order chi connectivity index (χ0) is 17.8. The Kier molecular flexibility index (Phi) is 4.80. The van der Waals surface area contributed by atoms with Gasteiger partial charge in [-0.05, 0) is 22.8 Å². The lowest BCUT2D eigenvalue weighted by atomic mass is 9.98. The van der Waals surface area contributed by atoms with E-state index >= 15 is 0 Å². The first-order chi connectivity index (χ1) is 12.8. The Labute approximate surface area is 153 Å². The molecule has 0 bridgehead atoms. The molecule has 26 heavy (non-hydrogen) atoms. The quantitative estimate of drug-likeness (QED) is 0.640. The lowest BCUT2D eigenvalue weighted by molar-refractivity contribution is -0.118. The van der Waals surface area contributed by atoms with Gasteiger partial charge in [0.15, 0.2) is 0 Å². The van der Waals surface area contributed by atoms with Crippen molar-refractivity contribution in [3.63, 3.8) is 0 Å². The molecule has 0 saturated heterocycles. The SMILES string of the molecule is O=C1Cc2ccccc2-c2ccccc2N1CCOCc1ccccc1. The first-order valence-electron chi connectivity index (χ1n) is 8.92. The molecule has 0 aliphatic carbocycles. The molecule has 3 nitrogen and oxygen atoms in total. The number of hydrogen-bond donors (Lipinski definition) is 0. The highest BCUT2D eigenvalue weighted by atomic mass is 16.5. The van der Waals surface area contributed by atoms with Crippen LogP contribution in [0.3, 0.4) is 0 Å². The molecular formula is C23H21NO2. The minimum absolute atomic E-state index is 0.116. The summed E-state index contributed by atoms with van der Waals surface area (Å²) in [6.07, 6.45) is 0.420. The van der Waals surface area contributed by atoms with Crippen LogP contribution < -0.4 is 4.90 Å². The summed E-state index contributed by atoms with van der Waals surface area (Å²) in [5.41, 5.74) is 5.44. The predicted molar refractivity (Wildman–Crippen MR) is 104 cm³/mol. The van der Waals surface area contributed by atoms with Crippen LogP contribution in [0.4, 0.5) is 5.69 Å². The van der Waals surface area contributed by atoms with E-state index in [9.17, 15) is 4.79 Å². The van der Waals surface area contributed by atoms with Gasteiger partial charge in [0.05, 0.1) is 25.3 Å². The number of fused-ring (bicyclic) bond motifs is 3. The van der Waals surface area contributed by atoms with Gasteiger partial charge in [-0.15, -0.1) is 0 Å². The van der Waals surface area contributed by atoms with Gasteiger partial charge in [0, 0.05) is 12.1 Å². The summed E-state index contributed by atoms with van der Waals surface area (Å²) in [6.45, 7) is 1.62. The van der Waals surface area contributed by atoms with E-state index in [0.29, 0.717) is 26.2 Å². The van der Waals surface area contributed by atoms with Crippen LogP contribution in [0, 0.1) is 0 Å². The van der Waals surface area contributed by atoms with Crippen molar-refractivity contribution in [1.29, 1.82) is 0 Å². The van der Waals surface area contributed by atoms with Crippen molar-refractivity contribution in [3.05, 3.63) is 90.0 Å². The summed E-state index contributed by atoms with van der Waals surface area (Å²) in [6, 6.07) is 26.4. The van der Waals surface area contributed by atoms with Gasteiger partial charge in [-0.1, -0.05) is 72.8 Å². The van der Waals surface area contributed by atoms with Gasteiger partial charge in [-0.3, -0.25) is 4.79 Å². The second kappa shape index (κ2) is 7.54. The normalized spacial score (nSPS) is 13.1. The number of amides is 1. The maximum absolute atomic E-state index is 12.9. The van der Waals surface area contributed by atoms with E-state index in [4.69, 9.17) is 4.74 Å². The molecule has 0 unspecified atom stereocenters. The third-order valence-electron chi connectivity index (χ3n) is 4.72. The molecule has 130 valence electrons. The van der Waals surface area contributed by atoms with Crippen molar-refractivity contribution in [2.75, 3.05) is 18.1 Å². The minimum Gasteiger partial charge on any atom is -0.375 e. The first-order valence-corrected chi connectivity index (χ1v) is 8.92. The molecule has 4 rings (SSSR count). The number of anilines is 1. The molecule has 0 aromatic heterocycles. The van der Waals surface area contributed by atoms with Crippen molar-refractivity contribution < 1.29 is 9.53 Å². The Hall–Kier alpha value is -2.91. The summed E-state index contributed by atoms with van der Waals surface area (Å²) < 4.78 is 5.81. The van der Waals surface area contributed by atoms with Gasteiger partial charge in [0.1, 0.15) is 0 Å². The largest absolute Gasteiger partial charge is 0.375 e. The lowest BCUT2D eigenvalue weighted by Crippen LogP contribution is -2.34. The number of rotatable bonds is 5. The van der Waals surface area contributed by atoms with Crippen LogP contribution in [0.1, 0.15) is 11.1 Å². The number of para-hydroxylation sites is 1. The highest BCUT2D eigenvalue weighted by molar-refractivity contribution is 6.02. The monoisotopic (exact) mass is 343 g/mol. The van der Waals surface area contributed by atoms with Gasteiger partial charge in [0.2, 0.25) is 5.91 Å². The lowest BCUT2D eigenvalue weighted by Gasteiger charge is -2.23. The second-order valence-corrected chi connectivity index (χ2v) is 6.43. The number of carbonyl (C=O) groups excluding carboxylic acids is 1. The average Bonchev–Trinajstić information content (AvgIpc) is 2.80. The minimum atomic E-state index is 0.116. The van der Waals surface area contributed by atoms with Crippen LogP contribution in [0.2, 0.25) is 0 Å². The molecule has 3 aromatic rings. The maximum atomic E-state index is 12.9. The van der Waals surface area contributed by atoms with E-state index in [-0.39, 0.29) is 5.91 Å². The van der Waals surface area contributed by atoms with Crippen LogP contribution >= 0.6 is 0 Å². The topological polar surface area (TPSA) is 29.5 Å². The van der Waals surface area contributed by atoms with Crippen LogP contribution in [-0.2, 0) is 22.6 Å². The molecular weight excluding hydrogens is 322 g/mol. The third-order valence-corrected chi connectivity index (χ3v) is 4.72. The molecule has 1 aliphatic rings. The Balaban J connectivity index is 1.52. The van der Waals surface area contributed by atoms with Gasteiger partial charge in [0.25, 0.3) is 0 Å².